The van der Waals surface area contributed by atoms with Gasteiger partial charge in [0.25, 0.3) is 5.91 Å². The summed E-state index contributed by atoms with van der Waals surface area (Å²) in [5.41, 5.74) is 12.0. The van der Waals surface area contributed by atoms with E-state index in [0.29, 0.717) is 11.5 Å². The van der Waals surface area contributed by atoms with Crippen LogP contribution in [0.3, 0.4) is 0 Å². The number of hydrogen-bond acceptors (Lipinski definition) is 4. The molecule has 7 heteroatoms. The van der Waals surface area contributed by atoms with E-state index in [1.807, 2.05) is 6.07 Å². The first kappa shape index (κ1) is 13.5. The predicted octanol–water partition coefficient (Wildman–Crippen LogP) is 1.05. The van der Waals surface area contributed by atoms with Gasteiger partial charge in [0.15, 0.2) is 5.69 Å². The van der Waals surface area contributed by atoms with E-state index in [4.69, 9.17) is 16.7 Å². The van der Waals surface area contributed by atoms with Gasteiger partial charge in [0, 0.05) is 11.3 Å². The summed E-state index contributed by atoms with van der Waals surface area (Å²) in [5.74, 6) is -0.300. The van der Waals surface area contributed by atoms with Crippen LogP contribution >= 0.6 is 12.4 Å². The number of aromatic nitrogens is 2. The Kier molecular flexibility index (Phi) is 3.92. The third-order valence-electron chi connectivity index (χ3n) is 2.24. The quantitative estimate of drug-likeness (QED) is 0.701. The second kappa shape index (κ2) is 5.21. The number of carbonyl (C=O) groups is 1. The molecule has 0 radical (unpaired) electrons. The molecule has 18 heavy (non-hydrogen) atoms. The predicted molar refractivity (Wildman–Crippen MR) is 68.9 cm³/mol. The Morgan fingerprint density at radius 1 is 1.33 bits per heavy atom. The Bertz CT molecular complexity index is 611. The number of benzene rings is 1. The van der Waals surface area contributed by atoms with Crippen molar-refractivity contribution in [2.24, 2.45) is 5.73 Å². The number of nitrogens with two attached hydrogens (primary N) is 2. The van der Waals surface area contributed by atoms with Gasteiger partial charge in [0.05, 0.1) is 0 Å². The van der Waals surface area contributed by atoms with E-state index in [0.717, 1.165) is 5.56 Å². The fourth-order valence-corrected chi connectivity index (χ4v) is 1.41. The van der Waals surface area contributed by atoms with Gasteiger partial charge in [-0.25, -0.2) is 4.98 Å². The van der Waals surface area contributed by atoms with Gasteiger partial charge in [-0.05, 0) is 24.3 Å². The van der Waals surface area contributed by atoms with Gasteiger partial charge < -0.3 is 16.5 Å². The van der Waals surface area contributed by atoms with E-state index in [2.05, 4.69) is 9.97 Å². The van der Waals surface area contributed by atoms with Crippen LogP contribution in [0.5, 0.6) is 0 Å². The molecule has 6 nitrogen and oxygen atoms in total. The van der Waals surface area contributed by atoms with E-state index in [1.165, 1.54) is 0 Å². The zero-order chi connectivity index (χ0) is 12.4. The maximum atomic E-state index is 11.1. The molecule has 0 unspecified atom stereocenters. The molecule has 1 aromatic heterocycles. The first-order valence-electron chi connectivity index (χ1n) is 4.77. The normalized spacial score (nSPS) is 9.28. The summed E-state index contributed by atoms with van der Waals surface area (Å²) < 4.78 is 0. The van der Waals surface area contributed by atoms with Crippen LogP contribution in [0.15, 0.2) is 24.3 Å². The lowest BCUT2D eigenvalue weighted by molar-refractivity contribution is 0.0996. The highest BCUT2D eigenvalue weighted by molar-refractivity contribution is 5.93. The number of primary amides is 1. The van der Waals surface area contributed by atoms with E-state index >= 15 is 0 Å². The number of aromatic amines is 1. The summed E-state index contributed by atoms with van der Waals surface area (Å²) in [6.07, 6.45) is 0. The smallest absolute Gasteiger partial charge is 0.268 e. The van der Waals surface area contributed by atoms with Crippen molar-refractivity contribution in [3.05, 3.63) is 35.7 Å². The lowest BCUT2D eigenvalue weighted by Crippen LogP contribution is -2.13. The number of nitriles is 1. The highest BCUT2D eigenvalue weighted by atomic mass is 35.5. The van der Waals surface area contributed by atoms with Gasteiger partial charge in [0.1, 0.15) is 17.6 Å². The molecular weight excluding hydrogens is 254 g/mol. The Morgan fingerprint density at radius 2 is 1.94 bits per heavy atom. The topological polar surface area (TPSA) is 122 Å². The number of nitrogens with one attached hydrogen (secondary N) is 1. The van der Waals surface area contributed by atoms with Crippen LogP contribution in [-0.2, 0) is 0 Å². The van der Waals surface area contributed by atoms with Crippen molar-refractivity contribution in [1.82, 2.24) is 9.97 Å². The maximum absolute atomic E-state index is 11.1. The highest BCUT2D eigenvalue weighted by Gasteiger charge is 2.15. The summed E-state index contributed by atoms with van der Waals surface area (Å²) in [6.45, 7) is 0. The number of nitrogens with zero attached hydrogens (tertiary/aromatic N) is 2. The van der Waals surface area contributed by atoms with Gasteiger partial charge in [-0.2, -0.15) is 5.26 Å². The number of rotatable bonds is 2. The van der Waals surface area contributed by atoms with Crippen LogP contribution in [-0.4, -0.2) is 15.9 Å². The Hall–Kier alpha value is -2.52. The van der Waals surface area contributed by atoms with E-state index in [9.17, 15) is 4.79 Å². The summed E-state index contributed by atoms with van der Waals surface area (Å²) >= 11 is 0. The molecule has 1 amide bonds. The summed E-state index contributed by atoms with van der Waals surface area (Å²) in [6, 6.07) is 8.69. The molecule has 92 valence electrons. The molecule has 0 fully saturated rings. The Morgan fingerprint density at radius 3 is 2.39 bits per heavy atom. The molecule has 1 heterocycles. The largest absolute Gasteiger partial charge is 0.399 e. The minimum absolute atomic E-state index is 0. The van der Waals surface area contributed by atoms with E-state index in [1.54, 1.807) is 24.3 Å². The molecular formula is C11H10ClN5O. The third-order valence-corrected chi connectivity index (χ3v) is 2.24. The van der Waals surface area contributed by atoms with Crippen LogP contribution in [0.25, 0.3) is 11.4 Å². The molecule has 2 rings (SSSR count). The van der Waals surface area contributed by atoms with Crippen molar-refractivity contribution in [3.8, 4) is 17.5 Å². The monoisotopic (exact) mass is 263 g/mol. The van der Waals surface area contributed by atoms with Gasteiger partial charge in [-0.1, -0.05) is 0 Å². The number of amides is 1. The first-order chi connectivity index (χ1) is 8.11. The second-order valence-electron chi connectivity index (χ2n) is 3.41. The Balaban J connectivity index is 0.00000162. The number of carbonyl (C=O) groups excluding carboxylic acids is 1. The SMILES string of the molecule is Cl.N#Cc1nc(-c2ccc(N)cc2)[nH]c1C(N)=O. The number of anilines is 1. The van der Waals surface area contributed by atoms with Crippen LogP contribution in [0.1, 0.15) is 16.2 Å². The lowest BCUT2D eigenvalue weighted by atomic mass is 10.2. The fraction of sp³-hybridized carbons (Fsp3) is 0. The highest BCUT2D eigenvalue weighted by Crippen LogP contribution is 2.19. The fourth-order valence-electron chi connectivity index (χ4n) is 1.41. The lowest BCUT2D eigenvalue weighted by Gasteiger charge is -1.96. The first-order valence-corrected chi connectivity index (χ1v) is 4.77. The minimum Gasteiger partial charge on any atom is -0.399 e. The molecule has 0 saturated carbocycles. The summed E-state index contributed by atoms with van der Waals surface area (Å²) in [7, 11) is 0. The standard InChI is InChI=1S/C11H9N5O.ClH/c12-5-8-9(10(14)17)16-11(15-8)6-1-3-7(13)4-2-6;/h1-4H,13H2,(H2,14,17)(H,15,16);1H. The van der Waals surface area contributed by atoms with Crippen molar-refractivity contribution in [2.75, 3.05) is 5.73 Å². The van der Waals surface area contributed by atoms with Gasteiger partial charge in [0.2, 0.25) is 0 Å². The number of halogens is 1. The molecule has 0 aliphatic heterocycles. The number of imidazole rings is 1. The van der Waals surface area contributed by atoms with Crippen molar-refractivity contribution in [2.45, 2.75) is 0 Å². The third kappa shape index (κ3) is 2.42. The van der Waals surface area contributed by atoms with Gasteiger partial charge in [-0.3, -0.25) is 4.79 Å². The molecule has 5 N–H and O–H groups in total. The van der Waals surface area contributed by atoms with Crippen molar-refractivity contribution in [1.29, 1.82) is 5.26 Å². The zero-order valence-corrected chi connectivity index (χ0v) is 9.99. The zero-order valence-electron chi connectivity index (χ0n) is 9.18. The van der Waals surface area contributed by atoms with Crippen molar-refractivity contribution >= 4 is 24.0 Å². The maximum Gasteiger partial charge on any atom is 0.268 e. The van der Waals surface area contributed by atoms with E-state index in [-0.39, 0.29) is 23.8 Å². The summed E-state index contributed by atoms with van der Waals surface area (Å²) in [4.78, 5) is 17.8. The average molecular weight is 264 g/mol. The van der Waals surface area contributed by atoms with Crippen LogP contribution in [0, 0.1) is 11.3 Å². The van der Waals surface area contributed by atoms with Gasteiger partial charge in [-0.15, -0.1) is 12.4 Å². The average Bonchev–Trinajstić information content (AvgIpc) is 2.74. The van der Waals surface area contributed by atoms with Crippen LogP contribution < -0.4 is 11.5 Å². The minimum atomic E-state index is -0.712. The van der Waals surface area contributed by atoms with E-state index < -0.39 is 5.91 Å². The van der Waals surface area contributed by atoms with Crippen molar-refractivity contribution < 1.29 is 4.79 Å². The molecule has 0 aliphatic carbocycles. The molecule has 2 aromatic rings. The van der Waals surface area contributed by atoms with Crippen molar-refractivity contribution in [3.63, 3.8) is 0 Å². The molecule has 0 aliphatic rings. The molecule has 0 bridgehead atoms. The molecule has 0 spiro atoms. The number of nitrogen functional groups attached to an aromatic ring is 1. The molecule has 1 aromatic carbocycles. The number of hydrogen-bond donors (Lipinski definition) is 3. The summed E-state index contributed by atoms with van der Waals surface area (Å²) in [5, 5.41) is 8.81. The molecule has 0 saturated heterocycles. The van der Waals surface area contributed by atoms with Crippen LogP contribution in [0.2, 0.25) is 0 Å². The van der Waals surface area contributed by atoms with Crippen LogP contribution in [0.4, 0.5) is 5.69 Å². The van der Waals surface area contributed by atoms with Gasteiger partial charge >= 0.3 is 0 Å². The molecule has 0 atom stereocenters. The second-order valence-corrected chi connectivity index (χ2v) is 3.41. The number of H-pyrrole nitrogens is 1. The Labute approximate surface area is 109 Å².